The number of aromatic nitrogens is 2. The van der Waals surface area contributed by atoms with Gasteiger partial charge < -0.3 is 19.6 Å². The number of hydrogen-bond acceptors (Lipinski definition) is 6. The third-order valence-corrected chi connectivity index (χ3v) is 7.45. The molecule has 2 heterocycles. The smallest absolute Gasteiger partial charge is 0.302 e. The molecule has 0 bridgehead atoms. The Morgan fingerprint density at radius 1 is 0.975 bits per heavy atom. The number of Topliss-reactive ketones (excluding diaryl/α,β-unsaturated/α-hetero) is 1. The first-order valence-corrected chi connectivity index (χ1v) is 13.1. The number of imidazole rings is 1. The maximum atomic E-state index is 13.7. The van der Waals surface area contributed by atoms with Crippen molar-refractivity contribution in [1.82, 2.24) is 9.97 Å². The maximum absolute atomic E-state index is 13.7. The van der Waals surface area contributed by atoms with Gasteiger partial charge in [0.15, 0.2) is 0 Å². The van der Waals surface area contributed by atoms with Crippen LogP contribution in [-0.2, 0) is 15.0 Å². The lowest BCUT2D eigenvalue weighted by Gasteiger charge is -2.24. The minimum Gasteiger partial charge on any atom is -0.507 e. The summed E-state index contributed by atoms with van der Waals surface area (Å²) in [5, 5.41) is 11.7. The van der Waals surface area contributed by atoms with Crippen LogP contribution in [0.4, 0.5) is 5.95 Å². The fourth-order valence-corrected chi connectivity index (χ4v) is 5.15. The third kappa shape index (κ3) is 4.49. The van der Waals surface area contributed by atoms with Gasteiger partial charge >= 0.3 is 5.91 Å². The number of amides is 1. The number of benzene rings is 3. The molecule has 3 aromatic carbocycles. The average molecular weight is 540 g/mol. The first-order chi connectivity index (χ1) is 18.9. The molecule has 0 aliphatic carbocycles. The van der Waals surface area contributed by atoms with Gasteiger partial charge in [-0.2, -0.15) is 0 Å². The highest BCUT2D eigenvalue weighted by atomic mass is 16.5. The molecule has 0 spiro atoms. The number of carbonyl (C=O) groups is 2. The van der Waals surface area contributed by atoms with Gasteiger partial charge in [0.25, 0.3) is 5.78 Å². The predicted octanol–water partition coefficient (Wildman–Crippen LogP) is 6.12. The number of aryl methyl sites for hydroxylation is 2. The van der Waals surface area contributed by atoms with Crippen LogP contribution < -0.4 is 14.4 Å². The monoisotopic (exact) mass is 539 g/mol. The molecule has 1 aliphatic rings. The van der Waals surface area contributed by atoms with E-state index in [-0.39, 0.29) is 22.7 Å². The Hall–Kier alpha value is -4.59. The van der Waals surface area contributed by atoms with Crippen LogP contribution in [0.5, 0.6) is 11.5 Å². The zero-order valence-electron chi connectivity index (χ0n) is 23.7. The first kappa shape index (κ1) is 27.0. The molecular weight excluding hydrogens is 506 g/mol. The highest BCUT2D eigenvalue weighted by molar-refractivity contribution is 6.51. The number of fused-ring (bicyclic) bond motifs is 1. The van der Waals surface area contributed by atoms with Crippen molar-refractivity contribution < 1.29 is 24.2 Å². The number of H-pyrrole nitrogens is 1. The number of nitrogens with zero attached hydrogens (tertiary/aromatic N) is 2. The van der Waals surface area contributed by atoms with E-state index in [2.05, 4.69) is 9.97 Å². The summed E-state index contributed by atoms with van der Waals surface area (Å²) in [5.41, 5.74) is 5.08. The normalized spacial score (nSPS) is 17.1. The van der Waals surface area contributed by atoms with Gasteiger partial charge in [-0.05, 0) is 78.4 Å². The summed E-state index contributed by atoms with van der Waals surface area (Å²) >= 11 is 0. The first-order valence-electron chi connectivity index (χ1n) is 13.1. The summed E-state index contributed by atoms with van der Waals surface area (Å²) in [5.74, 6) is -0.415. The van der Waals surface area contributed by atoms with Crippen LogP contribution in [0.15, 0.2) is 60.2 Å². The van der Waals surface area contributed by atoms with Crippen LogP contribution in [0.25, 0.3) is 16.8 Å². The summed E-state index contributed by atoms with van der Waals surface area (Å²) in [6.45, 7) is 10.1. The Labute approximate surface area is 233 Å². The van der Waals surface area contributed by atoms with Crippen molar-refractivity contribution in [2.45, 2.75) is 46.1 Å². The van der Waals surface area contributed by atoms with E-state index in [1.165, 1.54) is 4.90 Å². The number of nitrogens with one attached hydrogen (secondary N) is 1. The molecule has 40 heavy (non-hydrogen) atoms. The number of rotatable bonds is 5. The van der Waals surface area contributed by atoms with Crippen molar-refractivity contribution in [3.05, 3.63) is 88.0 Å². The maximum Gasteiger partial charge on any atom is 0.302 e. The minimum absolute atomic E-state index is 0.0314. The molecule has 0 radical (unpaired) electrons. The molecule has 1 aromatic heterocycles. The Morgan fingerprint density at radius 3 is 2.38 bits per heavy atom. The van der Waals surface area contributed by atoms with Crippen LogP contribution >= 0.6 is 0 Å². The van der Waals surface area contributed by atoms with Crippen molar-refractivity contribution in [2.75, 3.05) is 19.1 Å². The van der Waals surface area contributed by atoms with E-state index in [0.29, 0.717) is 28.1 Å². The number of hydrogen-bond donors (Lipinski definition) is 2. The molecule has 8 nitrogen and oxygen atoms in total. The lowest BCUT2D eigenvalue weighted by molar-refractivity contribution is -0.132. The topological polar surface area (TPSA) is 105 Å². The molecule has 206 valence electrons. The van der Waals surface area contributed by atoms with Crippen molar-refractivity contribution >= 4 is 34.4 Å². The number of aromatic amines is 1. The Bertz CT molecular complexity index is 1650. The standard InChI is InChI=1S/C32H33N3O5/c1-17-13-23-24(14-18(17)2)34-31(33-23)35-27(19-9-8-10-21(15-19)39-6)26(29(37)30(35)38)28(36)20-11-12-25(40-7)22(16-20)32(3,4)5/h8-16,27,36H,1-7H3,(H,33,34)/b28-26+. The van der Waals surface area contributed by atoms with Crippen LogP contribution in [0.3, 0.4) is 0 Å². The SMILES string of the molecule is COc1cccc(C2/C(=C(\O)c3ccc(OC)c(C(C)(C)C)c3)C(=O)C(=O)N2c2nc3cc(C)c(C)cc3[nH]2)c1. The largest absolute Gasteiger partial charge is 0.507 e. The molecule has 1 aliphatic heterocycles. The van der Waals surface area contributed by atoms with E-state index in [4.69, 9.17) is 9.47 Å². The molecular formula is C32H33N3O5. The van der Waals surface area contributed by atoms with Crippen molar-refractivity contribution in [2.24, 2.45) is 0 Å². The Kier molecular flexibility index (Phi) is 6.66. The lowest BCUT2D eigenvalue weighted by Crippen LogP contribution is -2.30. The Morgan fingerprint density at radius 2 is 1.70 bits per heavy atom. The molecule has 1 saturated heterocycles. The zero-order chi connectivity index (χ0) is 28.9. The summed E-state index contributed by atoms with van der Waals surface area (Å²) in [6.07, 6.45) is 0. The molecule has 1 amide bonds. The van der Waals surface area contributed by atoms with Gasteiger partial charge in [-0.25, -0.2) is 4.98 Å². The third-order valence-electron chi connectivity index (χ3n) is 7.45. The number of methoxy groups -OCH3 is 2. The van der Waals surface area contributed by atoms with Gasteiger partial charge in [-0.1, -0.05) is 32.9 Å². The fourth-order valence-electron chi connectivity index (χ4n) is 5.15. The second-order valence-electron chi connectivity index (χ2n) is 11.1. The summed E-state index contributed by atoms with van der Waals surface area (Å²) in [7, 11) is 3.14. The van der Waals surface area contributed by atoms with Crippen LogP contribution in [0.1, 0.15) is 54.6 Å². The van der Waals surface area contributed by atoms with Gasteiger partial charge in [0.2, 0.25) is 5.95 Å². The van der Waals surface area contributed by atoms with Crippen molar-refractivity contribution in [1.29, 1.82) is 0 Å². The number of aliphatic hydroxyl groups excluding tert-OH is 1. The highest BCUT2D eigenvalue weighted by Gasteiger charge is 2.48. The summed E-state index contributed by atoms with van der Waals surface area (Å²) in [4.78, 5) is 36.5. The fraction of sp³-hybridized carbons (Fsp3) is 0.281. The lowest BCUT2D eigenvalue weighted by atomic mass is 9.84. The second-order valence-corrected chi connectivity index (χ2v) is 11.1. The highest BCUT2D eigenvalue weighted by Crippen LogP contribution is 2.43. The number of aliphatic hydroxyl groups is 1. The van der Waals surface area contributed by atoms with Crippen LogP contribution in [0.2, 0.25) is 0 Å². The molecule has 8 heteroatoms. The number of carbonyl (C=O) groups excluding carboxylic acids is 2. The van der Waals surface area contributed by atoms with Crippen LogP contribution in [-0.4, -0.2) is 41.0 Å². The molecule has 1 atom stereocenters. The van der Waals surface area contributed by atoms with Gasteiger partial charge in [-0.3, -0.25) is 14.5 Å². The summed E-state index contributed by atoms with van der Waals surface area (Å²) in [6, 6.07) is 15.3. The van der Waals surface area contributed by atoms with E-state index in [0.717, 1.165) is 22.2 Å². The van der Waals surface area contributed by atoms with Crippen molar-refractivity contribution in [3.63, 3.8) is 0 Å². The molecule has 1 unspecified atom stereocenters. The molecule has 0 saturated carbocycles. The minimum atomic E-state index is -0.946. The molecule has 4 aromatic rings. The van der Waals surface area contributed by atoms with E-state index in [1.807, 2.05) is 46.8 Å². The Balaban J connectivity index is 1.75. The van der Waals surface area contributed by atoms with Gasteiger partial charge in [0.1, 0.15) is 17.3 Å². The van der Waals surface area contributed by atoms with E-state index in [9.17, 15) is 14.7 Å². The van der Waals surface area contributed by atoms with E-state index >= 15 is 0 Å². The van der Waals surface area contributed by atoms with E-state index in [1.54, 1.807) is 56.7 Å². The average Bonchev–Trinajstić information content (AvgIpc) is 3.44. The number of ether oxygens (including phenoxy) is 2. The second kappa shape index (κ2) is 9.86. The summed E-state index contributed by atoms with van der Waals surface area (Å²) < 4.78 is 11.0. The molecule has 1 fully saturated rings. The molecule has 5 rings (SSSR count). The van der Waals surface area contributed by atoms with Gasteiger partial charge in [-0.15, -0.1) is 0 Å². The zero-order valence-corrected chi connectivity index (χ0v) is 23.7. The number of anilines is 1. The number of ketones is 1. The predicted molar refractivity (Wildman–Crippen MR) is 155 cm³/mol. The van der Waals surface area contributed by atoms with Gasteiger partial charge in [0, 0.05) is 11.1 Å². The van der Waals surface area contributed by atoms with Crippen molar-refractivity contribution in [3.8, 4) is 11.5 Å². The van der Waals surface area contributed by atoms with Crippen LogP contribution in [0, 0.1) is 13.8 Å². The quantitative estimate of drug-likeness (QED) is 0.180. The van der Waals surface area contributed by atoms with Gasteiger partial charge in [0.05, 0.1) is 36.9 Å². The van der Waals surface area contributed by atoms with E-state index < -0.39 is 17.7 Å². The molecule has 2 N–H and O–H groups in total.